The van der Waals surface area contributed by atoms with E-state index in [9.17, 15) is 14.4 Å². The first-order valence-corrected chi connectivity index (χ1v) is 14.7. The molecule has 2 aliphatic rings. The van der Waals surface area contributed by atoms with Gasteiger partial charge in [-0.1, -0.05) is 117 Å². The molecule has 1 N–H and O–H groups in total. The van der Waals surface area contributed by atoms with E-state index in [1.807, 2.05) is 5.32 Å². The number of hydrogen-bond donors (Lipinski definition) is 1. The minimum Gasteiger partial charge on any atom is -0.393 e. The summed E-state index contributed by atoms with van der Waals surface area (Å²) in [6, 6.07) is -3.11. The summed E-state index contributed by atoms with van der Waals surface area (Å²) in [5, 5.41) is 1.99. The molecule has 0 atom stereocenters. The lowest BCUT2D eigenvalue weighted by Gasteiger charge is -2.38. The second-order valence-electron chi connectivity index (χ2n) is 9.61. The van der Waals surface area contributed by atoms with Crippen molar-refractivity contribution in [1.82, 2.24) is 9.80 Å². The Labute approximate surface area is 377 Å². The number of anilines is 2. The molecule has 2 heterocycles. The van der Waals surface area contributed by atoms with Gasteiger partial charge in [0, 0.05) is 124 Å². The van der Waals surface area contributed by atoms with Crippen LogP contribution in [0.4, 0.5) is 11.4 Å². The van der Waals surface area contributed by atoms with Crippen molar-refractivity contribution in [3.63, 3.8) is 0 Å². The number of carbonyl (C=O) groups is 3. The van der Waals surface area contributed by atoms with E-state index in [0.717, 1.165) is 0 Å². The number of amides is 1. The molecule has 8 nitrogen and oxygen atoms in total. The van der Waals surface area contributed by atoms with Gasteiger partial charge in [0.05, 0.1) is 16.4 Å². The third-order valence-corrected chi connectivity index (χ3v) is 6.00. The van der Waals surface area contributed by atoms with Crippen molar-refractivity contribution >= 4 is 29.2 Å². The summed E-state index contributed by atoms with van der Waals surface area (Å²) >= 11 is 0. The Morgan fingerprint density at radius 1 is 0.736 bits per heavy atom. The number of para-hydroxylation sites is 2. The molecule has 1 amide bonds. The molecule has 2 aliphatic heterocycles. The summed E-state index contributed by atoms with van der Waals surface area (Å²) in [7, 11) is 0. The standard InChI is InChI=1S/C21H26N2O.C18H22N2.C6H10O3/c1-2-21(24)23(19-11-7-4-8-12-19)20-13-15-22(16-14-20)17-18-9-5-3-6-10-18;1-3-7-16(8-4-1)15-20-13-11-18(12-14-20)19-17-9-5-2-6-10-17;1-3-5(7)9-6(8)4-2/h3-12,20H,2,13-17H2,1H3;1-10,18-19H,11-15H2;3-4H2,1-2H3/i1D3,2D2,4D,7D,8D,11D,12D,13D2,14D2,15D2,16D2,20D;2D,5D,6D,9D,10D,11D2,12D2,13D2,14D2,18D;1D3,2D3,3D2,4D2. The van der Waals surface area contributed by atoms with E-state index in [2.05, 4.69) is 4.74 Å². The molecule has 4 aromatic rings. The SMILES string of the molecule is [2H]C([2H])([2H])C([2H])([2H])C(=O)OC(=O)C([2H])([2H])C([2H])([2H])[2H].[2H]c1c([2H])c([2H])c(N(C(=O)C([2H])([2H])C([2H])([2H])[2H])C2([2H])C([2H])([2H])C([2H])([2H])N(Cc3ccccc3)C([2H])([2H])C2([2H])[2H])c([2H])c1[2H].[2H]c1c([2H])c([2H])c(NC2([2H])C([2H])([2H])C([2H])([2H])N(Cc3ccccc3)C([2H])([2H])C2([2H])[2H])c([2H])c1[2H]. The van der Waals surface area contributed by atoms with Crippen LogP contribution in [0.1, 0.15) is 135 Å². The van der Waals surface area contributed by atoms with Gasteiger partial charge in [-0.3, -0.25) is 24.2 Å². The molecule has 0 aromatic heterocycles. The van der Waals surface area contributed by atoms with Gasteiger partial charge in [-0.25, -0.2) is 0 Å². The predicted molar refractivity (Wildman–Crippen MR) is 215 cm³/mol. The molecule has 0 radical (unpaired) electrons. The second-order valence-corrected chi connectivity index (χ2v) is 9.61. The lowest BCUT2D eigenvalue weighted by atomic mass is 10.0. The van der Waals surface area contributed by atoms with Gasteiger partial charge < -0.3 is 15.0 Å². The largest absolute Gasteiger partial charge is 0.393 e. The quantitative estimate of drug-likeness (QED) is 0.121. The number of carbonyl (C=O) groups excluding carboxylic acids is 3. The Kier molecular flexibility index (Phi) is 5.25. The highest BCUT2D eigenvalue weighted by Crippen LogP contribution is 2.25. The number of benzene rings is 4. The first-order valence-electron chi connectivity index (χ1n) is 36.2. The zero-order chi connectivity index (χ0) is 75.4. The molecule has 0 saturated carbocycles. The van der Waals surface area contributed by atoms with Gasteiger partial charge in [-0.2, -0.15) is 0 Å². The van der Waals surface area contributed by atoms with Crippen LogP contribution in [0, 0.1) is 0 Å². The van der Waals surface area contributed by atoms with E-state index in [-0.39, 0.29) is 10.5 Å². The van der Waals surface area contributed by atoms with Crippen molar-refractivity contribution < 1.29 is 78.1 Å². The van der Waals surface area contributed by atoms with Crippen molar-refractivity contribution in [2.24, 2.45) is 0 Å². The average molecular weight is 762 g/mol. The number of rotatable bonds is 11. The molecule has 53 heavy (non-hydrogen) atoms. The maximum absolute atomic E-state index is 13.8. The summed E-state index contributed by atoms with van der Waals surface area (Å²) in [4.78, 5) is 36.0. The summed E-state index contributed by atoms with van der Waals surface area (Å²) in [5.41, 5.74) is -1.83. The Bertz CT molecular complexity index is 3440. The van der Waals surface area contributed by atoms with Gasteiger partial charge in [0.25, 0.3) is 0 Å². The maximum atomic E-state index is 13.8. The van der Waals surface area contributed by atoms with Gasteiger partial charge in [0.1, 0.15) is 0 Å². The van der Waals surface area contributed by atoms with Crippen LogP contribution in [0.3, 0.4) is 0 Å². The lowest BCUT2D eigenvalue weighted by molar-refractivity contribution is -0.159. The van der Waals surface area contributed by atoms with E-state index in [1.165, 1.54) is 36.4 Å². The smallest absolute Gasteiger partial charge is 0.313 e. The normalized spacial score (nSPS) is 37.3. The highest BCUT2D eigenvalue weighted by atomic mass is 16.6. The molecule has 2 saturated heterocycles. The van der Waals surface area contributed by atoms with Crippen molar-refractivity contribution in [3.8, 4) is 0 Å². The lowest BCUT2D eigenvalue weighted by Crippen LogP contribution is -2.47. The highest BCUT2D eigenvalue weighted by Gasteiger charge is 2.28. The number of nitrogens with one attached hydrogen (secondary N) is 1. The van der Waals surface area contributed by atoms with Crippen LogP contribution in [0.15, 0.2) is 121 Å². The minimum atomic E-state index is -4.36. The first-order chi connectivity index (χ1) is 42.6. The average Bonchev–Trinajstić information content (AvgIpc) is 0.672. The van der Waals surface area contributed by atoms with E-state index in [0.29, 0.717) is 10.5 Å². The summed E-state index contributed by atoms with van der Waals surface area (Å²) in [6.45, 7) is -26.2. The maximum Gasteiger partial charge on any atom is 0.313 e. The number of nitrogens with zero attached hydrogens (tertiary/aromatic N) is 3. The highest BCUT2D eigenvalue weighted by molar-refractivity contribution is 5.93. The van der Waals surface area contributed by atoms with E-state index >= 15 is 0 Å². The van der Waals surface area contributed by atoms with Crippen LogP contribution in [-0.2, 0) is 32.2 Å². The summed E-state index contributed by atoms with van der Waals surface area (Å²) < 4.78 is 346. The fraction of sp³-hybridized carbons (Fsp3) is 0.400. The third-order valence-electron chi connectivity index (χ3n) is 6.00. The molecule has 8 heteroatoms. The van der Waals surface area contributed by atoms with Crippen LogP contribution >= 0.6 is 0 Å². The van der Waals surface area contributed by atoms with Crippen LogP contribution in [-0.4, -0.2) is 65.7 Å². The Hall–Kier alpha value is -4.79. The Balaban J connectivity index is 0.000000329. The van der Waals surface area contributed by atoms with Crippen molar-refractivity contribution in [2.75, 3.05) is 36.2 Å². The van der Waals surface area contributed by atoms with Crippen LogP contribution in [0.5, 0.6) is 0 Å². The first kappa shape index (κ1) is 12.1. The number of hydrogen-bond acceptors (Lipinski definition) is 7. The molecular weight excluding hydrogens is 661 g/mol. The molecule has 4 aromatic carbocycles. The van der Waals surface area contributed by atoms with Crippen molar-refractivity contribution in [1.29, 1.82) is 0 Å². The van der Waals surface area contributed by atoms with E-state index in [4.69, 9.17) is 58.9 Å². The number of esters is 2. The van der Waals surface area contributed by atoms with Crippen molar-refractivity contribution in [3.05, 3.63) is 132 Å². The zero-order valence-electron chi connectivity index (χ0n) is 70.2. The van der Waals surface area contributed by atoms with Gasteiger partial charge >= 0.3 is 11.9 Å². The number of piperidine rings is 2. The molecular formula is C45H58N4O4. The molecule has 0 aliphatic carbocycles. The topological polar surface area (TPSA) is 82.2 Å². The van der Waals surface area contributed by atoms with Crippen LogP contribution < -0.4 is 10.2 Å². The third kappa shape index (κ3) is 14.6. The molecule has 282 valence electrons. The predicted octanol–water partition coefficient (Wildman–Crippen LogP) is 8.73. The van der Waals surface area contributed by atoms with E-state index in [1.54, 1.807) is 24.3 Å². The van der Waals surface area contributed by atoms with E-state index < -0.39 is 211 Å². The number of ether oxygens (including phenoxy) is 1. The summed E-state index contributed by atoms with van der Waals surface area (Å²) in [6.07, 6.45) is -26.5. The van der Waals surface area contributed by atoms with Gasteiger partial charge in [0.15, 0.2) is 0 Å². The van der Waals surface area contributed by atoms with Crippen LogP contribution in [0.25, 0.3) is 0 Å². The Morgan fingerprint density at radius 2 is 1.21 bits per heavy atom. The fourth-order valence-corrected chi connectivity index (χ4v) is 3.77. The number of likely N-dealkylation sites (tertiary alicyclic amines) is 2. The summed E-state index contributed by atoms with van der Waals surface area (Å²) in [5.74, 6) is -6.84. The van der Waals surface area contributed by atoms with Gasteiger partial charge in [-0.05, 0) is 60.8 Å². The van der Waals surface area contributed by atoms with Gasteiger partial charge in [-0.15, -0.1) is 0 Å². The molecule has 2 fully saturated rings. The molecule has 0 bridgehead atoms. The zero-order valence-corrected chi connectivity index (χ0v) is 27.2. The minimum absolute atomic E-state index is 0.116. The van der Waals surface area contributed by atoms with Crippen molar-refractivity contribution in [2.45, 2.75) is 90.3 Å². The molecule has 0 spiro atoms. The Morgan fingerprint density at radius 3 is 1.70 bits per heavy atom. The van der Waals surface area contributed by atoms with Crippen LogP contribution in [0.2, 0.25) is 0 Å². The monoisotopic (exact) mass is 762 g/mol. The van der Waals surface area contributed by atoms with Gasteiger partial charge in [0.2, 0.25) is 5.91 Å². The molecule has 0 unspecified atom stereocenters. The molecule has 6 rings (SSSR count). The second kappa shape index (κ2) is 23.0. The fourth-order valence-electron chi connectivity index (χ4n) is 3.77.